The first kappa shape index (κ1) is 15.0. The highest BCUT2D eigenvalue weighted by Crippen LogP contribution is 2.16. The van der Waals surface area contributed by atoms with Crippen LogP contribution in [0.4, 0.5) is 0 Å². The number of hydrogen-bond donors (Lipinski definition) is 1. The normalized spacial score (nSPS) is 10.1. The number of aryl methyl sites for hydroxylation is 1. The van der Waals surface area contributed by atoms with Crippen molar-refractivity contribution in [1.82, 2.24) is 10.1 Å². The molecule has 0 radical (unpaired) electrons. The van der Waals surface area contributed by atoms with Crippen LogP contribution in [0, 0.1) is 0 Å². The average Bonchev–Trinajstić information content (AvgIpc) is 2.85. The maximum Gasteiger partial charge on any atom is 0.227 e. The van der Waals surface area contributed by atoms with Gasteiger partial charge in [-0.05, 0) is 11.8 Å². The minimum atomic E-state index is 0. The molecule has 0 amide bonds. The maximum absolute atomic E-state index is 5.55. The van der Waals surface area contributed by atoms with Gasteiger partial charge in [0.25, 0.3) is 0 Å². The molecule has 0 saturated carbocycles. The van der Waals surface area contributed by atoms with E-state index >= 15 is 0 Å². The summed E-state index contributed by atoms with van der Waals surface area (Å²) in [5.41, 5.74) is 7.60. The fourth-order valence-corrected chi connectivity index (χ4v) is 1.83. The van der Waals surface area contributed by atoms with Gasteiger partial charge in [0.05, 0.1) is 0 Å². The van der Waals surface area contributed by atoms with E-state index in [1.54, 1.807) is 11.8 Å². The number of halogens is 1. The van der Waals surface area contributed by atoms with E-state index in [4.69, 9.17) is 10.3 Å². The van der Waals surface area contributed by atoms with Crippen LogP contribution in [0.25, 0.3) is 11.4 Å². The third kappa shape index (κ3) is 3.73. The van der Waals surface area contributed by atoms with Crippen LogP contribution < -0.4 is 5.73 Å². The maximum atomic E-state index is 5.55. The smallest absolute Gasteiger partial charge is 0.227 e. The summed E-state index contributed by atoms with van der Waals surface area (Å²) in [5, 5.41) is 3.97. The standard InChI is InChI=1S/C12H15N3OS.ClH/c1-17-7-6-11-14-12(15-16-11)10-4-2-9(8-13)3-5-10;/h2-5H,6-8,13H2,1H3;1H. The number of nitrogens with zero attached hydrogens (tertiary/aromatic N) is 2. The van der Waals surface area contributed by atoms with Crippen molar-refractivity contribution in [3.63, 3.8) is 0 Å². The van der Waals surface area contributed by atoms with Crippen LogP contribution in [0.5, 0.6) is 0 Å². The second-order valence-electron chi connectivity index (χ2n) is 3.66. The van der Waals surface area contributed by atoms with Crippen molar-refractivity contribution >= 4 is 24.2 Å². The average molecular weight is 286 g/mol. The monoisotopic (exact) mass is 285 g/mol. The number of hydrogen-bond acceptors (Lipinski definition) is 5. The molecule has 0 atom stereocenters. The highest BCUT2D eigenvalue weighted by molar-refractivity contribution is 7.98. The summed E-state index contributed by atoms with van der Waals surface area (Å²) < 4.78 is 5.18. The van der Waals surface area contributed by atoms with Gasteiger partial charge in [0.15, 0.2) is 0 Å². The van der Waals surface area contributed by atoms with Gasteiger partial charge in [0, 0.05) is 24.3 Å². The lowest BCUT2D eigenvalue weighted by Gasteiger charge is -1.97. The second kappa shape index (κ2) is 7.41. The molecule has 18 heavy (non-hydrogen) atoms. The van der Waals surface area contributed by atoms with Crippen LogP contribution in [0.3, 0.4) is 0 Å². The molecule has 0 spiro atoms. The lowest BCUT2D eigenvalue weighted by atomic mass is 10.1. The van der Waals surface area contributed by atoms with Gasteiger partial charge in [-0.3, -0.25) is 0 Å². The third-order valence-electron chi connectivity index (χ3n) is 2.44. The number of aromatic nitrogens is 2. The molecule has 0 aliphatic heterocycles. The number of rotatable bonds is 5. The molecular weight excluding hydrogens is 270 g/mol. The van der Waals surface area contributed by atoms with Gasteiger partial charge in [-0.2, -0.15) is 16.7 Å². The summed E-state index contributed by atoms with van der Waals surface area (Å²) in [5.74, 6) is 2.33. The van der Waals surface area contributed by atoms with E-state index in [1.165, 1.54) is 0 Å². The summed E-state index contributed by atoms with van der Waals surface area (Å²) in [6, 6.07) is 7.89. The Bertz CT molecular complexity index is 472. The summed E-state index contributed by atoms with van der Waals surface area (Å²) >= 11 is 1.76. The fraction of sp³-hybridized carbons (Fsp3) is 0.333. The Labute approximate surface area is 117 Å². The van der Waals surface area contributed by atoms with Crippen LogP contribution >= 0.6 is 24.2 Å². The second-order valence-corrected chi connectivity index (χ2v) is 4.64. The molecule has 0 aliphatic carbocycles. The van der Waals surface area contributed by atoms with Crippen molar-refractivity contribution in [2.24, 2.45) is 5.73 Å². The van der Waals surface area contributed by atoms with Gasteiger partial charge in [-0.15, -0.1) is 12.4 Å². The third-order valence-corrected chi connectivity index (χ3v) is 3.05. The molecule has 0 saturated heterocycles. The van der Waals surface area contributed by atoms with E-state index in [0.29, 0.717) is 18.3 Å². The lowest BCUT2D eigenvalue weighted by Crippen LogP contribution is -1.95. The first-order chi connectivity index (χ1) is 8.33. The highest BCUT2D eigenvalue weighted by Gasteiger charge is 2.07. The van der Waals surface area contributed by atoms with Crippen LogP contribution in [0.2, 0.25) is 0 Å². The van der Waals surface area contributed by atoms with Crippen molar-refractivity contribution in [2.45, 2.75) is 13.0 Å². The van der Waals surface area contributed by atoms with Gasteiger partial charge < -0.3 is 10.3 Å². The van der Waals surface area contributed by atoms with E-state index in [-0.39, 0.29) is 12.4 Å². The van der Waals surface area contributed by atoms with Crippen molar-refractivity contribution in [3.05, 3.63) is 35.7 Å². The zero-order valence-electron chi connectivity index (χ0n) is 10.1. The molecule has 1 heterocycles. The molecular formula is C12H16ClN3OS. The van der Waals surface area contributed by atoms with Crippen molar-refractivity contribution < 1.29 is 4.52 Å². The number of nitrogens with two attached hydrogens (primary N) is 1. The molecule has 1 aromatic heterocycles. The minimum absolute atomic E-state index is 0. The van der Waals surface area contributed by atoms with Gasteiger partial charge in [0.1, 0.15) is 0 Å². The number of thioether (sulfide) groups is 1. The van der Waals surface area contributed by atoms with Crippen LogP contribution in [0.15, 0.2) is 28.8 Å². The summed E-state index contributed by atoms with van der Waals surface area (Å²) in [7, 11) is 0. The fourth-order valence-electron chi connectivity index (χ4n) is 1.45. The molecule has 2 aromatic rings. The highest BCUT2D eigenvalue weighted by atomic mass is 35.5. The Balaban J connectivity index is 0.00000162. The van der Waals surface area contributed by atoms with Crippen LogP contribution in [-0.2, 0) is 13.0 Å². The first-order valence-corrected chi connectivity index (χ1v) is 6.84. The Morgan fingerprint density at radius 1 is 1.28 bits per heavy atom. The van der Waals surface area contributed by atoms with Gasteiger partial charge >= 0.3 is 0 Å². The molecule has 2 rings (SSSR count). The lowest BCUT2D eigenvalue weighted by molar-refractivity contribution is 0.383. The Morgan fingerprint density at radius 2 is 2.00 bits per heavy atom. The quantitative estimate of drug-likeness (QED) is 0.914. The van der Waals surface area contributed by atoms with E-state index in [1.807, 2.05) is 24.3 Å². The van der Waals surface area contributed by atoms with Crippen molar-refractivity contribution in [2.75, 3.05) is 12.0 Å². The molecule has 2 N–H and O–H groups in total. The van der Waals surface area contributed by atoms with E-state index < -0.39 is 0 Å². The summed E-state index contributed by atoms with van der Waals surface area (Å²) in [4.78, 5) is 4.35. The topological polar surface area (TPSA) is 64.9 Å². The molecule has 0 aliphatic rings. The summed E-state index contributed by atoms with van der Waals surface area (Å²) in [6.45, 7) is 0.547. The van der Waals surface area contributed by atoms with Gasteiger partial charge in [0.2, 0.25) is 11.7 Å². The SMILES string of the molecule is CSCCc1nc(-c2ccc(CN)cc2)no1.Cl. The zero-order chi connectivity index (χ0) is 12.1. The van der Waals surface area contributed by atoms with Crippen molar-refractivity contribution in [3.8, 4) is 11.4 Å². The van der Waals surface area contributed by atoms with Crippen LogP contribution in [0.1, 0.15) is 11.5 Å². The van der Waals surface area contributed by atoms with E-state index in [2.05, 4.69) is 16.4 Å². The molecule has 4 nitrogen and oxygen atoms in total. The predicted molar refractivity (Wildman–Crippen MR) is 77.0 cm³/mol. The number of benzene rings is 1. The molecule has 0 fully saturated rings. The minimum Gasteiger partial charge on any atom is -0.339 e. The first-order valence-electron chi connectivity index (χ1n) is 5.44. The molecule has 1 aromatic carbocycles. The summed E-state index contributed by atoms with van der Waals surface area (Å²) in [6.07, 6.45) is 2.87. The molecule has 6 heteroatoms. The largest absolute Gasteiger partial charge is 0.339 e. The Hall–Kier alpha value is -1.04. The Morgan fingerprint density at radius 3 is 2.61 bits per heavy atom. The van der Waals surface area contributed by atoms with Crippen molar-refractivity contribution in [1.29, 1.82) is 0 Å². The molecule has 0 unspecified atom stereocenters. The molecule has 0 bridgehead atoms. The van der Waals surface area contributed by atoms with E-state index in [9.17, 15) is 0 Å². The van der Waals surface area contributed by atoms with E-state index in [0.717, 1.165) is 23.3 Å². The van der Waals surface area contributed by atoms with Gasteiger partial charge in [-0.25, -0.2) is 0 Å². The van der Waals surface area contributed by atoms with Crippen LogP contribution in [-0.4, -0.2) is 22.1 Å². The molecule has 98 valence electrons. The Kier molecular flexibility index (Phi) is 6.18. The predicted octanol–water partition coefficient (Wildman–Crippen LogP) is 2.52. The van der Waals surface area contributed by atoms with Gasteiger partial charge in [-0.1, -0.05) is 29.4 Å². The zero-order valence-corrected chi connectivity index (χ0v) is 11.8.